The lowest BCUT2D eigenvalue weighted by Gasteiger charge is -1.85. The number of hydrogen-bond acceptors (Lipinski definition) is 1. The van der Waals surface area contributed by atoms with Gasteiger partial charge in [-0.15, -0.1) is 0 Å². The van der Waals surface area contributed by atoms with Crippen LogP contribution >= 0.6 is 0 Å². The van der Waals surface area contributed by atoms with Gasteiger partial charge < -0.3 is 5.32 Å². The van der Waals surface area contributed by atoms with Crippen molar-refractivity contribution in [3.05, 3.63) is 12.0 Å². The lowest BCUT2D eigenvalue weighted by atomic mass is 10.6. The monoisotopic (exact) mass is 131 g/mol. The Hall–Kier alpha value is -0.860. The van der Waals surface area contributed by atoms with Crippen molar-refractivity contribution in [2.75, 3.05) is 21.1 Å². The topological polar surface area (TPSA) is 15.0 Å². The summed E-state index contributed by atoms with van der Waals surface area (Å²) in [4.78, 5) is 0. The molecule has 0 saturated heterocycles. The molecular formula is C6H12FN2+. The highest BCUT2D eigenvalue weighted by Crippen LogP contribution is 1.85. The van der Waals surface area contributed by atoms with Crippen molar-refractivity contribution in [1.29, 1.82) is 0 Å². The third-order valence-corrected chi connectivity index (χ3v) is 0.664. The summed E-state index contributed by atoms with van der Waals surface area (Å²) in [7, 11) is 5.19. The molecule has 0 aliphatic heterocycles. The molecule has 0 bridgehead atoms. The second kappa shape index (κ2) is 4.06. The molecule has 0 aromatic heterocycles. The highest BCUT2D eigenvalue weighted by molar-refractivity contribution is 5.70. The molecule has 52 valence electrons. The molecule has 0 aromatic carbocycles. The van der Waals surface area contributed by atoms with Crippen LogP contribution < -0.4 is 5.32 Å². The van der Waals surface area contributed by atoms with Crippen molar-refractivity contribution in [3.8, 4) is 0 Å². The van der Waals surface area contributed by atoms with Gasteiger partial charge in [-0.1, -0.05) is 0 Å². The van der Waals surface area contributed by atoms with Crippen LogP contribution in [-0.4, -0.2) is 31.9 Å². The molecule has 0 aliphatic carbocycles. The van der Waals surface area contributed by atoms with E-state index in [1.165, 1.54) is 12.4 Å². The number of hydrogen-bond donors (Lipinski definition) is 1. The van der Waals surface area contributed by atoms with Crippen LogP contribution in [0.5, 0.6) is 0 Å². The first-order valence-electron chi connectivity index (χ1n) is 2.71. The van der Waals surface area contributed by atoms with E-state index in [1.54, 1.807) is 25.7 Å². The van der Waals surface area contributed by atoms with Crippen LogP contribution in [0.2, 0.25) is 0 Å². The molecule has 0 atom stereocenters. The zero-order valence-corrected chi connectivity index (χ0v) is 5.98. The normalized spacial score (nSPS) is 10.9. The van der Waals surface area contributed by atoms with Gasteiger partial charge >= 0.3 is 0 Å². The molecular weight excluding hydrogens is 119 g/mol. The predicted molar refractivity (Wildman–Crippen MR) is 36.4 cm³/mol. The van der Waals surface area contributed by atoms with Crippen molar-refractivity contribution in [2.45, 2.75) is 0 Å². The van der Waals surface area contributed by atoms with Crippen LogP contribution in [0.1, 0.15) is 0 Å². The fourth-order valence-electron chi connectivity index (χ4n) is 0.422. The van der Waals surface area contributed by atoms with Crippen LogP contribution in [0.15, 0.2) is 12.0 Å². The van der Waals surface area contributed by atoms with Crippen molar-refractivity contribution in [1.82, 2.24) is 5.32 Å². The minimum absolute atomic E-state index is 0.275. The van der Waals surface area contributed by atoms with Gasteiger partial charge in [-0.3, -0.25) is 0 Å². The largest absolute Gasteiger partial charge is 0.391 e. The fourth-order valence-corrected chi connectivity index (χ4v) is 0.422. The third kappa shape index (κ3) is 5.00. The van der Waals surface area contributed by atoms with Gasteiger partial charge in [-0.25, -0.2) is 4.58 Å². The third-order valence-electron chi connectivity index (χ3n) is 0.664. The Morgan fingerprint density at radius 2 is 2.11 bits per heavy atom. The average molecular weight is 131 g/mol. The minimum Gasteiger partial charge on any atom is -0.391 e. The smallest absolute Gasteiger partial charge is 0.201 e. The van der Waals surface area contributed by atoms with E-state index in [2.05, 4.69) is 5.32 Å². The molecule has 1 N–H and O–H groups in total. The molecule has 9 heavy (non-hydrogen) atoms. The van der Waals surface area contributed by atoms with Gasteiger partial charge in [0.15, 0.2) is 0 Å². The van der Waals surface area contributed by atoms with E-state index < -0.39 is 0 Å². The van der Waals surface area contributed by atoms with Crippen LogP contribution in [0.25, 0.3) is 0 Å². The summed E-state index contributed by atoms with van der Waals surface area (Å²) >= 11 is 0. The maximum absolute atomic E-state index is 12.4. The molecule has 2 nitrogen and oxygen atoms in total. The van der Waals surface area contributed by atoms with E-state index in [9.17, 15) is 4.39 Å². The van der Waals surface area contributed by atoms with Gasteiger partial charge in [0.25, 0.3) is 0 Å². The number of allylic oxidation sites excluding steroid dienone is 1. The Labute approximate surface area is 54.7 Å². The van der Waals surface area contributed by atoms with Crippen LogP contribution in [0.3, 0.4) is 0 Å². The van der Waals surface area contributed by atoms with Crippen LogP contribution in [0, 0.1) is 0 Å². The summed E-state index contributed by atoms with van der Waals surface area (Å²) in [6.45, 7) is 0. The molecule has 0 spiro atoms. The lowest BCUT2D eigenvalue weighted by molar-refractivity contribution is -0.459. The number of rotatable bonds is 2. The van der Waals surface area contributed by atoms with E-state index >= 15 is 0 Å². The highest BCUT2D eigenvalue weighted by Gasteiger charge is 1.90. The first kappa shape index (κ1) is 8.14. The minimum atomic E-state index is -0.275. The summed E-state index contributed by atoms with van der Waals surface area (Å²) in [6, 6.07) is 0. The SMILES string of the molecule is CN/C=C(\F)C=[N+](C)C. The van der Waals surface area contributed by atoms with Gasteiger partial charge in [0.2, 0.25) is 12.0 Å². The summed E-state index contributed by atoms with van der Waals surface area (Å²) in [5.74, 6) is -0.275. The second-order valence-electron chi connectivity index (χ2n) is 1.91. The molecule has 0 aromatic rings. The zero-order chi connectivity index (χ0) is 7.28. The Bertz CT molecular complexity index is 134. The number of nitrogens with zero attached hydrogens (tertiary/aromatic N) is 1. The van der Waals surface area contributed by atoms with Gasteiger partial charge in [-0.05, 0) is 0 Å². The van der Waals surface area contributed by atoms with E-state index in [0.717, 1.165) is 0 Å². The quantitative estimate of drug-likeness (QED) is 0.422. The van der Waals surface area contributed by atoms with Crippen molar-refractivity contribution in [2.24, 2.45) is 0 Å². The Kier molecular flexibility index (Phi) is 3.67. The van der Waals surface area contributed by atoms with Crippen molar-refractivity contribution in [3.63, 3.8) is 0 Å². The maximum Gasteiger partial charge on any atom is 0.201 e. The predicted octanol–water partition coefficient (Wildman–Crippen LogP) is 0.360. The molecule has 0 aliphatic rings. The molecule has 3 heteroatoms. The van der Waals surface area contributed by atoms with E-state index in [1.807, 2.05) is 0 Å². The molecule has 0 saturated carbocycles. The summed E-state index contributed by atoms with van der Waals surface area (Å²) in [6.07, 6.45) is 2.68. The first-order chi connectivity index (χ1) is 4.16. The summed E-state index contributed by atoms with van der Waals surface area (Å²) in [5.41, 5.74) is 0. The molecule has 0 amide bonds. The number of nitrogens with one attached hydrogen (secondary N) is 1. The highest BCUT2D eigenvalue weighted by atomic mass is 19.1. The van der Waals surface area contributed by atoms with E-state index in [4.69, 9.17) is 0 Å². The van der Waals surface area contributed by atoms with E-state index in [0.29, 0.717) is 0 Å². The van der Waals surface area contributed by atoms with Crippen molar-refractivity contribution < 1.29 is 8.97 Å². The maximum atomic E-state index is 12.4. The van der Waals surface area contributed by atoms with Gasteiger partial charge in [0, 0.05) is 13.2 Å². The molecule has 0 rings (SSSR count). The van der Waals surface area contributed by atoms with Gasteiger partial charge in [0.05, 0.1) is 0 Å². The molecule has 0 heterocycles. The summed E-state index contributed by atoms with van der Waals surface area (Å²) < 4.78 is 14.0. The zero-order valence-electron chi connectivity index (χ0n) is 5.98. The Balaban J connectivity index is 3.90. The lowest BCUT2D eigenvalue weighted by Crippen LogP contribution is -2.01. The fraction of sp³-hybridized carbons (Fsp3) is 0.500. The van der Waals surface area contributed by atoms with Gasteiger partial charge in [0.1, 0.15) is 14.1 Å². The molecule has 0 unspecified atom stereocenters. The Morgan fingerprint density at radius 1 is 1.56 bits per heavy atom. The van der Waals surface area contributed by atoms with Crippen LogP contribution in [0.4, 0.5) is 4.39 Å². The van der Waals surface area contributed by atoms with Crippen LogP contribution in [-0.2, 0) is 0 Å². The van der Waals surface area contributed by atoms with E-state index in [-0.39, 0.29) is 5.83 Å². The summed E-state index contributed by atoms with van der Waals surface area (Å²) in [5, 5.41) is 2.58. The molecule has 0 radical (unpaired) electrons. The Morgan fingerprint density at radius 3 is 2.44 bits per heavy atom. The van der Waals surface area contributed by atoms with Crippen molar-refractivity contribution >= 4 is 6.21 Å². The average Bonchev–Trinajstić information content (AvgIpc) is 1.63. The van der Waals surface area contributed by atoms with Gasteiger partial charge in [-0.2, -0.15) is 4.39 Å². The number of halogens is 1. The first-order valence-corrected chi connectivity index (χ1v) is 2.71. The standard InChI is InChI=1S/C6H11FN2/c1-8-4-6(7)5-9(2)3/h4-5H,1-3H3/p+1. The second-order valence-corrected chi connectivity index (χ2v) is 1.91. The molecule has 0 fully saturated rings.